The second-order valence-corrected chi connectivity index (χ2v) is 4.65. The summed E-state index contributed by atoms with van der Waals surface area (Å²) in [6.07, 6.45) is 1.53. The van der Waals surface area contributed by atoms with Gasteiger partial charge in [0.15, 0.2) is 16.1 Å². The molecule has 5 heteroatoms. The van der Waals surface area contributed by atoms with Crippen LogP contribution in [0, 0.1) is 5.82 Å². The van der Waals surface area contributed by atoms with Crippen molar-refractivity contribution < 1.29 is 13.2 Å². The van der Waals surface area contributed by atoms with Gasteiger partial charge < -0.3 is 14.6 Å². The lowest BCUT2D eigenvalue weighted by Gasteiger charge is -2.05. The number of nitrogens with two attached hydrogens (primary N) is 1. The number of furan rings is 2. The number of rotatable bonds is 2. The summed E-state index contributed by atoms with van der Waals surface area (Å²) in [5.41, 5.74) is 7.05. The molecular formula is C13H9BrFNO2. The Bertz CT molecular complexity index is 704. The molecule has 0 aliphatic rings. The zero-order chi connectivity index (χ0) is 12.7. The van der Waals surface area contributed by atoms with Gasteiger partial charge in [0.1, 0.15) is 5.76 Å². The van der Waals surface area contributed by atoms with Crippen molar-refractivity contribution in [3.8, 4) is 0 Å². The van der Waals surface area contributed by atoms with Gasteiger partial charge in [-0.3, -0.25) is 0 Å². The van der Waals surface area contributed by atoms with E-state index in [1.807, 2.05) is 0 Å². The van der Waals surface area contributed by atoms with Crippen molar-refractivity contribution in [2.75, 3.05) is 0 Å². The lowest BCUT2D eigenvalue weighted by Crippen LogP contribution is -2.10. The van der Waals surface area contributed by atoms with Crippen molar-refractivity contribution in [2.24, 2.45) is 5.73 Å². The number of halogens is 2. The van der Waals surface area contributed by atoms with E-state index in [9.17, 15) is 4.39 Å². The molecule has 0 fully saturated rings. The zero-order valence-electron chi connectivity index (χ0n) is 9.19. The van der Waals surface area contributed by atoms with Gasteiger partial charge in [-0.15, -0.1) is 0 Å². The van der Waals surface area contributed by atoms with Crippen molar-refractivity contribution >= 4 is 26.9 Å². The maximum atomic E-state index is 13.5. The standard InChI is InChI=1S/C13H9BrFNO2/c14-13-8(4-5-17-13)11(16)10-6-7-2-1-3-9(15)12(7)18-10/h1-6,11H,16H2. The van der Waals surface area contributed by atoms with Gasteiger partial charge >= 0.3 is 0 Å². The molecule has 0 saturated heterocycles. The zero-order valence-corrected chi connectivity index (χ0v) is 10.8. The molecule has 1 aromatic carbocycles. The minimum atomic E-state index is -0.495. The van der Waals surface area contributed by atoms with E-state index in [1.54, 1.807) is 24.3 Å². The minimum absolute atomic E-state index is 0.225. The van der Waals surface area contributed by atoms with Gasteiger partial charge in [0.2, 0.25) is 0 Å². The van der Waals surface area contributed by atoms with Gasteiger partial charge in [0.25, 0.3) is 0 Å². The summed E-state index contributed by atoms with van der Waals surface area (Å²) in [7, 11) is 0. The molecule has 0 saturated carbocycles. The van der Waals surface area contributed by atoms with Gasteiger partial charge in [-0.05, 0) is 34.1 Å². The first-order valence-corrected chi connectivity index (χ1v) is 6.12. The fourth-order valence-corrected chi connectivity index (χ4v) is 2.37. The lowest BCUT2D eigenvalue weighted by molar-refractivity contribution is 0.493. The number of fused-ring (bicyclic) bond motifs is 1. The summed E-state index contributed by atoms with van der Waals surface area (Å²) in [5.74, 6) is 0.106. The molecule has 0 amide bonds. The molecule has 18 heavy (non-hydrogen) atoms. The van der Waals surface area contributed by atoms with E-state index in [0.29, 0.717) is 15.8 Å². The highest BCUT2D eigenvalue weighted by Crippen LogP contribution is 2.31. The number of hydrogen-bond acceptors (Lipinski definition) is 3. The molecule has 3 aromatic rings. The Morgan fingerprint density at radius 1 is 1.28 bits per heavy atom. The van der Waals surface area contributed by atoms with E-state index < -0.39 is 11.9 Å². The predicted octanol–water partition coefficient (Wildman–Crippen LogP) is 3.98. The van der Waals surface area contributed by atoms with Gasteiger partial charge in [0.05, 0.1) is 12.3 Å². The average molecular weight is 310 g/mol. The summed E-state index contributed by atoms with van der Waals surface area (Å²) < 4.78 is 24.7. The molecule has 1 atom stereocenters. The fraction of sp³-hybridized carbons (Fsp3) is 0.0769. The van der Waals surface area contributed by atoms with E-state index in [4.69, 9.17) is 14.6 Å². The van der Waals surface area contributed by atoms with Crippen molar-refractivity contribution in [3.63, 3.8) is 0 Å². The lowest BCUT2D eigenvalue weighted by atomic mass is 10.1. The van der Waals surface area contributed by atoms with E-state index in [0.717, 1.165) is 5.56 Å². The molecule has 0 aliphatic carbocycles. The summed E-state index contributed by atoms with van der Waals surface area (Å²) in [6, 6.07) is 7.76. The SMILES string of the molecule is NC(c1cc2cccc(F)c2o1)c1ccoc1Br. The summed E-state index contributed by atoms with van der Waals surface area (Å²) in [5, 5.41) is 0.695. The monoisotopic (exact) mass is 309 g/mol. The highest BCUT2D eigenvalue weighted by atomic mass is 79.9. The largest absolute Gasteiger partial charge is 0.457 e. The summed E-state index contributed by atoms with van der Waals surface area (Å²) >= 11 is 3.26. The quantitative estimate of drug-likeness (QED) is 0.779. The summed E-state index contributed by atoms with van der Waals surface area (Å²) in [4.78, 5) is 0. The van der Waals surface area contributed by atoms with Gasteiger partial charge in [-0.25, -0.2) is 4.39 Å². The second-order valence-electron chi connectivity index (χ2n) is 3.93. The van der Waals surface area contributed by atoms with Gasteiger partial charge in [0, 0.05) is 10.9 Å². The van der Waals surface area contributed by atoms with Crippen molar-refractivity contribution in [1.29, 1.82) is 0 Å². The van der Waals surface area contributed by atoms with Crippen LogP contribution in [0.3, 0.4) is 0 Å². The number of hydrogen-bond donors (Lipinski definition) is 1. The van der Waals surface area contributed by atoms with Crippen molar-refractivity contribution in [3.05, 3.63) is 58.4 Å². The minimum Gasteiger partial charge on any atom is -0.457 e. The van der Waals surface area contributed by atoms with Crippen LogP contribution >= 0.6 is 15.9 Å². The van der Waals surface area contributed by atoms with Crippen LogP contribution < -0.4 is 5.73 Å². The molecular weight excluding hydrogens is 301 g/mol. The number of benzene rings is 1. The first-order chi connectivity index (χ1) is 8.66. The fourth-order valence-electron chi connectivity index (χ4n) is 1.88. The molecule has 2 N–H and O–H groups in total. The maximum absolute atomic E-state index is 13.5. The van der Waals surface area contributed by atoms with Crippen LogP contribution in [0.25, 0.3) is 11.0 Å². The van der Waals surface area contributed by atoms with Gasteiger partial charge in [-0.2, -0.15) is 0 Å². The third kappa shape index (κ3) is 1.76. The molecule has 3 nitrogen and oxygen atoms in total. The molecule has 3 rings (SSSR count). The molecule has 1 unspecified atom stereocenters. The van der Waals surface area contributed by atoms with Gasteiger partial charge in [-0.1, -0.05) is 12.1 Å². The van der Waals surface area contributed by atoms with Crippen LogP contribution in [0.15, 0.2) is 50.1 Å². The molecule has 0 spiro atoms. The van der Waals surface area contributed by atoms with Crippen LogP contribution in [-0.2, 0) is 0 Å². The topological polar surface area (TPSA) is 52.3 Å². The predicted molar refractivity (Wildman–Crippen MR) is 68.6 cm³/mol. The Morgan fingerprint density at radius 3 is 2.78 bits per heavy atom. The first-order valence-electron chi connectivity index (χ1n) is 5.33. The molecule has 2 heterocycles. The van der Waals surface area contributed by atoms with E-state index in [-0.39, 0.29) is 5.58 Å². The Balaban J connectivity index is 2.10. The summed E-state index contributed by atoms with van der Waals surface area (Å²) in [6.45, 7) is 0. The highest BCUT2D eigenvalue weighted by Gasteiger charge is 2.19. The smallest absolute Gasteiger partial charge is 0.174 e. The highest BCUT2D eigenvalue weighted by molar-refractivity contribution is 9.10. The van der Waals surface area contributed by atoms with Crippen LogP contribution in [0.1, 0.15) is 17.4 Å². The van der Waals surface area contributed by atoms with Crippen LogP contribution in [0.2, 0.25) is 0 Å². The van der Waals surface area contributed by atoms with Crippen molar-refractivity contribution in [2.45, 2.75) is 6.04 Å². The Labute approximate surface area is 110 Å². The van der Waals surface area contributed by atoms with Crippen molar-refractivity contribution in [1.82, 2.24) is 0 Å². The van der Waals surface area contributed by atoms with Crippen LogP contribution in [0.4, 0.5) is 4.39 Å². The average Bonchev–Trinajstić information content (AvgIpc) is 2.95. The third-order valence-corrected chi connectivity index (χ3v) is 3.45. The van der Waals surface area contributed by atoms with E-state index in [2.05, 4.69) is 15.9 Å². The van der Waals surface area contributed by atoms with Crippen LogP contribution in [-0.4, -0.2) is 0 Å². The Hall–Kier alpha value is -1.59. The van der Waals surface area contributed by atoms with Crippen LogP contribution in [0.5, 0.6) is 0 Å². The molecule has 2 aromatic heterocycles. The maximum Gasteiger partial charge on any atom is 0.174 e. The third-order valence-electron chi connectivity index (χ3n) is 2.80. The number of para-hydroxylation sites is 1. The molecule has 0 aliphatic heterocycles. The molecule has 0 radical (unpaired) electrons. The normalized spacial score (nSPS) is 13.1. The second kappa shape index (κ2) is 4.26. The van der Waals surface area contributed by atoms with E-state index in [1.165, 1.54) is 12.3 Å². The molecule has 92 valence electrons. The Kier molecular flexibility index (Phi) is 2.72. The first kappa shape index (κ1) is 11.5. The van der Waals surface area contributed by atoms with E-state index >= 15 is 0 Å². The molecule has 0 bridgehead atoms. The Morgan fingerprint density at radius 2 is 2.11 bits per heavy atom.